The Kier molecular flexibility index (Phi) is 6.08. The summed E-state index contributed by atoms with van der Waals surface area (Å²) in [7, 11) is 11.0. The van der Waals surface area contributed by atoms with E-state index in [0.717, 1.165) is 30.6 Å². The van der Waals surface area contributed by atoms with Gasteiger partial charge in [0.1, 0.15) is 5.69 Å². The number of carbonyl (C=O) groups excluding carboxylic acids is 1. The van der Waals surface area contributed by atoms with E-state index in [0.29, 0.717) is 11.6 Å². The topological polar surface area (TPSA) is 108 Å². The summed E-state index contributed by atoms with van der Waals surface area (Å²) in [5, 5.41) is 13.2. The number of hydrogen-bond acceptors (Lipinski definition) is 5. The smallest absolute Gasteiger partial charge is 0.424 e. The van der Waals surface area contributed by atoms with E-state index in [9.17, 15) is 18.0 Å². The Bertz CT molecular complexity index is 983. The van der Waals surface area contributed by atoms with E-state index >= 15 is 0 Å². The highest BCUT2D eigenvalue weighted by atomic mass is 19.4. The first-order valence-corrected chi connectivity index (χ1v) is 9.15. The number of carbonyl (C=O) groups is 1. The molecule has 0 radical (unpaired) electrons. The van der Waals surface area contributed by atoms with Crippen LogP contribution in [0.1, 0.15) is 12.0 Å². The monoisotopic (exact) mass is 424 g/mol. The van der Waals surface area contributed by atoms with Gasteiger partial charge in [-0.15, -0.1) is 24.3 Å². The van der Waals surface area contributed by atoms with Crippen molar-refractivity contribution in [3.8, 4) is 0 Å². The van der Waals surface area contributed by atoms with Crippen LogP contribution in [0.3, 0.4) is 0 Å². The number of amides is 1. The number of imidazole rings is 1. The molecule has 9 nitrogen and oxygen atoms in total. The molecule has 1 aliphatic heterocycles. The van der Waals surface area contributed by atoms with Gasteiger partial charge in [-0.1, -0.05) is 0 Å². The van der Waals surface area contributed by atoms with E-state index in [-0.39, 0.29) is 17.3 Å². The molecule has 1 aliphatic rings. The third-order valence-electron chi connectivity index (χ3n) is 4.83. The number of aromatic nitrogens is 2. The van der Waals surface area contributed by atoms with E-state index < -0.39 is 12.1 Å². The molecule has 3 rings (SSSR count). The first-order valence-electron chi connectivity index (χ1n) is 9.15. The molecule has 0 unspecified atom stereocenters. The maximum Gasteiger partial charge on any atom is 0.471 e. The standard InChI is InChI=1S/C18H23F3N8O/c1-22-14-15(23-2)29(4)17(25-14)27-26-12-8-10-6-5-7-28(3)13(10)9-11(12)24-16(30)18(19,20)21/h8-9H,1-2,5-7,22-23H2,3-4H3,(H,24,30). The molecule has 0 aliphatic carbocycles. The molecule has 30 heavy (non-hydrogen) atoms. The van der Waals surface area contributed by atoms with Gasteiger partial charge in [0.05, 0.1) is 5.69 Å². The van der Waals surface area contributed by atoms with Gasteiger partial charge >= 0.3 is 12.1 Å². The minimum atomic E-state index is -5.02. The molecule has 0 atom stereocenters. The van der Waals surface area contributed by atoms with Gasteiger partial charge in [-0.3, -0.25) is 9.36 Å². The second-order valence-electron chi connectivity index (χ2n) is 6.82. The summed E-state index contributed by atoms with van der Waals surface area (Å²) in [5.74, 6) is -0.615. The molecule has 0 saturated carbocycles. The number of hydrogen-bond donors (Lipinski definition) is 3. The highest BCUT2D eigenvalue weighted by Gasteiger charge is 2.39. The molecule has 12 heteroatoms. The Balaban J connectivity index is 2.03. The van der Waals surface area contributed by atoms with Crippen LogP contribution in [0.2, 0.25) is 0 Å². The van der Waals surface area contributed by atoms with Crippen molar-refractivity contribution in [3.63, 3.8) is 0 Å². The zero-order valence-corrected chi connectivity index (χ0v) is 16.6. The summed E-state index contributed by atoms with van der Waals surface area (Å²) < 4.78 is 40.0. The van der Waals surface area contributed by atoms with E-state index in [1.54, 1.807) is 28.3 Å². The highest BCUT2D eigenvalue weighted by molar-refractivity contribution is 5.98. The number of alkyl halides is 3. The molecule has 0 saturated heterocycles. The summed E-state index contributed by atoms with van der Waals surface area (Å²) in [6.45, 7) is 0.766. The van der Waals surface area contributed by atoms with Crippen molar-refractivity contribution in [2.24, 2.45) is 17.3 Å². The largest absolute Gasteiger partial charge is 0.471 e. The summed E-state index contributed by atoms with van der Waals surface area (Å²) in [4.78, 5) is 17.7. The molecule has 1 aromatic heterocycles. The quantitative estimate of drug-likeness (QED) is 0.502. The number of benzene rings is 1. The predicted molar refractivity (Wildman–Crippen MR) is 104 cm³/mol. The summed E-state index contributed by atoms with van der Waals surface area (Å²) in [6, 6.07) is 3.14. The fourth-order valence-corrected chi connectivity index (χ4v) is 3.28. The Morgan fingerprint density at radius 1 is 1.23 bits per heavy atom. The Hall–Kier alpha value is -2.99. The first kappa shape index (κ1) is 21.7. The number of aryl methyl sites for hydroxylation is 1. The van der Waals surface area contributed by atoms with Crippen molar-refractivity contribution in [3.05, 3.63) is 31.8 Å². The fraction of sp³-hybridized carbons (Fsp3) is 0.333. The van der Waals surface area contributed by atoms with E-state index in [2.05, 4.69) is 29.3 Å². The molecular formula is C18H23F3N8O. The lowest BCUT2D eigenvalue weighted by Crippen LogP contribution is -2.77. The third kappa shape index (κ3) is 4.28. The van der Waals surface area contributed by atoms with E-state index in [1.807, 2.05) is 17.3 Å². The first-order chi connectivity index (χ1) is 14.2. The van der Waals surface area contributed by atoms with Gasteiger partial charge in [0.2, 0.25) is 0 Å². The van der Waals surface area contributed by atoms with Crippen molar-refractivity contribution < 1.29 is 28.6 Å². The van der Waals surface area contributed by atoms with Gasteiger partial charge in [0, 0.05) is 26.3 Å². The second kappa shape index (κ2) is 8.40. The van der Waals surface area contributed by atoms with Crippen LogP contribution in [0.4, 0.5) is 47.8 Å². The lowest BCUT2D eigenvalue weighted by Gasteiger charge is -2.28. The van der Waals surface area contributed by atoms with Gasteiger partial charge < -0.3 is 20.9 Å². The number of nitrogens with two attached hydrogens (primary N) is 2. The summed E-state index contributed by atoms with van der Waals surface area (Å²) in [6.07, 6.45) is -3.37. The highest BCUT2D eigenvalue weighted by Crippen LogP contribution is 2.38. The van der Waals surface area contributed by atoms with Gasteiger partial charge in [0.15, 0.2) is 0 Å². The SMILES string of the molecule is [CH2-][NH2+]c1nc(N=Nc2cc3c(cc2NC(=O)C(F)(F)F)N(C)CCC3)n(C)c1[NH2+][CH2-]. The van der Waals surface area contributed by atoms with Crippen LogP contribution in [0, 0.1) is 14.1 Å². The Morgan fingerprint density at radius 2 is 1.97 bits per heavy atom. The number of halogens is 3. The maximum absolute atomic E-state index is 12.8. The van der Waals surface area contributed by atoms with Crippen molar-refractivity contribution in [2.75, 3.05) is 23.8 Å². The van der Waals surface area contributed by atoms with Crippen LogP contribution < -0.4 is 20.9 Å². The van der Waals surface area contributed by atoms with Crippen molar-refractivity contribution in [2.45, 2.75) is 19.0 Å². The van der Waals surface area contributed by atoms with Gasteiger partial charge in [-0.25, -0.2) is 0 Å². The van der Waals surface area contributed by atoms with Crippen LogP contribution >= 0.6 is 0 Å². The molecule has 162 valence electrons. The summed E-state index contributed by atoms with van der Waals surface area (Å²) >= 11 is 0. The molecule has 0 spiro atoms. The summed E-state index contributed by atoms with van der Waals surface area (Å²) in [5.41, 5.74) is 1.71. The van der Waals surface area contributed by atoms with E-state index in [1.165, 1.54) is 6.07 Å². The van der Waals surface area contributed by atoms with Crippen LogP contribution in [0.5, 0.6) is 0 Å². The van der Waals surface area contributed by atoms with Crippen LogP contribution in [-0.2, 0) is 18.3 Å². The number of nitrogens with zero attached hydrogens (tertiary/aromatic N) is 5. The normalized spacial score (nSPS) is 14.3. The van der Waals surface area contributed by atoms with E-state index in [4.69, 9.17) is 0 Å². The number of rotatable bonds is 5. The van der Waals surface area contributed by atoms with Crippen LogP contribution in [-0.4, -0.2) is 35.2 Å². The number of anilines is 2. The maximum atomic E-state index is 12.8. The second-order valence-corrected chi connectivity index (χ2v) is 6.82. The van der Waals surface area contributed by atoms with Crippen molar-refractivity contribution in [1.82, 2.24) is 9.55 Å². The third-order valence-corrected chi connectivity index (χ3v) is 4.83. The number of fused-ring (bicyclic) bond motifs is 1. The average molecular weight is 424 g/mol. The Labute approximate surface area is 171 Å². The molecule has 1 aromatic carbocycles. The fourth-order valence-electron chi connectivity index (χ4n) is 3.28. The molecule has 2 aromatic rings. The lowest BCUT2D eigenvalue weighted by atomic mass is 10.0. The van der Waals surface area contributed by atoms with Gasteiger partial charge in [-0.2, -0.15) is 18.2 Å². The molecule has 0 bridgehead atoms. The molecule has 1 amide bonds. The molecule has 2 heterocycles. The predicted octanol–water partition coefficient (Wildman–Crippen LogP) is 1.69. The minimum absolute atomic E-state index is 0.0735. The van der Waals surface area contributed by atoms with Crippen LogP contribution in [0.15, 0.2) is 22.4 Å². The molecular weight excluding hydrogens is 401 g/mol. The number of azo groups is 1. The van der Waals surface area contributed by atoms with Gasteiger partial charge in [0.25, 0.3) is 17.6 Å². The van der Waals surface area contributed by atoms with Crippen molar-refractivity contribution in [1.29, 1.82) is 0 Å². The average Bonchev–Trinajstić information content (AvgIpc) is 3.01. The molecule has 0 fully saturated rings. The van der Waals surface area contributed by atoms with Crippen LogP contribution in [0.25, 0.3) is 0 Å². The number of quaternary nitrogens is 2. The zero-order valence-electron chi connectivity index (χ0n) is 16.6. The van der Waals surface area contributed by atoms with Crippen molar-refractivity contribution >= 4 is 40.6 Å². The van der Waals surface area contributed by atoms with Gasteiger partial charge in [-0.05, 0) is 30.5 Å². The molecule has 5 N–H and O–H groups in total. The lowest BCUT2D eigenvalue weighted by molar-refractivity contribution is -0.547. The zero-order chi connectivity index (χ0) is 22.1. The number of nitrogens with one attached hydrogen (secondary N) is 1. The minimum Gasteiger partial charge on any atom is -0.424 e. The Morgan fingerprint density at radius 3 is 2.57 bits per heavy atom.